The molecule has 1 aliphatic heterocycles. The minimum atomic E-state index is -1.07. The SMILES string of the molecule is C=C(CC(CC)[C@@]1(C)OO[C@@]2(CCCC(OC(N)=O)C2)O1)NC(=O)CCC(N)=O. The van der Waals surface area contributed by atoms with Gasteiger partial charge in [0.15, 0.2) is 0 Å². The van der Waals surface area contributed by atoms with Crippen molar-refractivity contribution in [3.63, 3.8) is 0 Å². The second-order valence-corrected chi connectivity index (χ2v) is 7.78. The summed E-state index contributed by atoms with van der Waals surface area (Å²) in [6.07, 6.45) is 2.17. The predicted octanol–water partition coefficient (Wildman–Crippen LogP) is 1.73. The minimum absolute atomic E-state index is 0.00286. The first kappa shape index (κ1) is 23.1. The number of hydrogen-bond donors (Lipinski definition) is 3. The van der Waals surface area contributed by atoms with Crippen LogP contribution in [0.25, 0.3) is 0 Å². The fraction of sp³-hybridized carbons (Fsp3) is 0.737. The van der Waals surface area contributed by atoms with Crippen molar-refractivity contribution in [2.24, 2.45) is 17.4 Å². The molecule has 3 amide bonds. The van der Waals surface area contributed by atoms with Gasteiger partial charge in [0.1, 0.15) is 6.10 Å². The Bertz CT molecular complexity index is 656. The summed E-state index contributed by atoms with van der Waals surface area (Å²) in [5.41, 5.74) is 10.7. The monoisotopic (exact) mass is 413 g/mol. The van der Waals surface area contributed by atoms with Crippen molar-refractivity contribution in [2.75, 3.05) is 0 Å². The minimum Gasteiger partial charge on any atom is -0.446 e. The summed E-state index contributed by atoms with van der Waals surface area (Å²) in [7, 11) is 0. The molecule has 1 saturated heterocycles. The standard InChI is InChI=1S/C19H31N3O7/c1-4-13(10-12(2)22-16(24)8-7-15(20)23)18(3)27-19(29-28-18)9-5-6-14(11-19)26-17(21)25/h13-14H,2,4-11H2,1,3H3,(H2,20,23)(H2,21,25)(H,22,24)/t13?,14?,18-,19-/m1/s1. The summed E-state index contributed by atoms with van der Waals surface area (Å²) in [6, 6.07) is 0. The van der Waals surface area contributed by atoms with E-state index in [0.717, 1.165) is 6.42 Å². The summed E-state index contributed by atoms with van der Waals surface area (Å²) in [5.74, 6) is -3.10. The number of hydrogen-bond acceptors (Lipinski definition) is 7. The number of amides is 3. The van der Waals surface area contributed by atoms with E-state index < -0.39 is 29.7 Å². The molecule has 1 aliphatic carbocycles. The molecule has 2 unspecified atom stereocenters. The van der Waals surface area contributed by atoms with E-state index in [-0.39, 0.29) is 24.7 Å². The Morgan fingerprint density at radius 2 is 2.00 bits per heavy atom. The molecule has 1 heterocycles. The van der Waals surface area contributed by atoms with Gasteiger partial charge in [-0.05, 0) is 32.6 Å². The zero-order chi connectivity index (χ0) is 21.7. The molecule has 0 bridgehead atoms. The van der Waals surface area contributed by atoms with Crippen LogP contribution in [0.4, 0.5) is 4.79 Å². The average molecular weight is 413 g/mol. The normalized spacial score (nSPS) is 29.9. The van der Waals surface area contributed by atoms with Crippen LogP contribution in [0.1, 0.15) is 65.2 Å². The van der Waals surface area contributed by atoms with Crippen molar-refractivity contribution in [2.45, 2.75) is 82.9 Å². The maximum Gasteiger partial charge on any atom is 0.404 e. The van der Waals surface area contributed by atoms with Crippen LogP contribution < -0.4 is 16.8 Å². The molecule has 2 rings (SSSR count). The van der Waals surface area contributed by atoms with Crippen LogP contribution in [0.2, 0.25) is 0 Å². The highest BCUT2D eigenvalue weighted by Crippen LogP contribution is 2.47. The summed E-state index contributed by atoms with van der Waals surface area (Å²) in [5, 5.41) is 2.68. The molecule has 0 radical (unpaired) electrons. The Labute approximate surface area is 170 Å². The summed E-state index contributed by atoms with van der Waals surface area (Å²) < 4.78 is 11.3. The molecule has 4 atom stereocenters. The van der Waals surface area contributed by atoms with E-state index in [1.165, 1.54) is 0 Å². The van der Waals surface area contributed by atoms with Gasteiger partial charge in [0.2, 0.25) is 23.4 Å². The first-order chi connectivity index (χ1) is 13.6. The number of nitrogens with one attached hydrogen (secondary N) is 1. The zero-order valence-electron chi connectivity index (χ0n) is 17.0. The Balaban J connectivity index is 1.95. The molecule has 1 spiro atoms. The number of nitrogens with two attached hydrogens (primary N) is 2. The van der Waals surface area contributed by atoms with Crippen LogP contribution in [0.15, 0.2) is 12.3 Å². The van der Waals surface area contributed by atoms with Crippen LogP contribution in [0.3, 0.4) is 0 Å². The zero-order valence-corrected chi connectivity index (χ0v) is 17.0. The van der Waals surface area contributed by atoms with Gasteiger partial charge in [-0.1, -0.05) is 13.5 Å². The quantitative estimate of drug-likeness (QED) is 0.487. The highest BCUT2D eigenvalue weighted by molar-refractivity contribution is 5.83. The molecular formula is C19H31N3O7. The van der Waals surface area contributed by atoms with E-state index in [4.69, 9.17) is 30.7 Å². The maximum absolute atomic E-state index is 11.9. The lowest BCUT2D eigenvalue weighted by Crippen LogP contribution is -2.45. The lowest BCUT2D eigenvalue weighted by atomic mass is 9.89. The summed E-state index contributed by atoms with van der Waals surface area (Å²) in [6.45, 7) is 7.63. The second kappa shape index (κ2) is 9.55. The fourth-order valence-corrected chi connectivity index (χ4v) is 3.84. The molecule has 0 aromatic rings. The molecule has 1 saturated carbocycles. The lowest BCUT2D eigenvalue weighted by molar-refractivity contribution is -0.361. The molecule has 5 N–H and O–H groups in total. The Kier molecular flexibility index (Phi) is 7.61. The number of ether oxygens (including phenoxy) is 2. The Morgan fingerprint density at radius 1 is 1.28 bits per heavy atom. The topological polar surface area (TPSA) is 152 Å². The first-order valence-corrected chi connectivity index (χ1v) is 9.86. The molecular weight excluding hydrogens is 382 g/mol. The van der Waals surface area contributed by atoms with Gasteiger partial charge in [-0.25, -0.2) is 4.79 Å². The van der Waals surface area contributed by atoms with E-state index in [2.05, 4.69) is 11.9 Å². The van der Waals surface area contributed by atoms with Crippen LogP contribution in [-0.4, -0.2) is 35.6 Å². The van der Waals surface area contributed by atoms with E-state index in [0.29, 0.717) is 37.8 Å². The van der Waals surface area contributed by atoms with E-state index >= 15 is 0 Å². The molecule has 164 valence electrons. The molecule has 10 nitrogen and oxygen atoms in total. The van der Waals surface area contributed by atoms with Gasteiger partial charge < -0.3 is 26.3 Å². The van der Waals surface area contributed by atoms with Gasteiger partial charge in [-0.15, -0.1) is 0 Å². The van der Waals surface area contributed by atoms with Gasteiger partial charge in [0.05, 0.1) is 0 Å². The molecule has 0 aromatic heterocycles. The summed E-state index contributed by atoms with van der Waals surface area (Å²) >= 11 is 0. The van der Waals surface area contributed by atoms with E-state index in [9.17, 15) is 14.4 Å². The van der Waals surface area contributed by atoms with Gasteiger partial charge in [0.25, 0.3) is 0 Å². The molecule has 2 aliphatic rings. The smallest absolute Gasteiger partial charge is 0.404 e. The lowest BCUT2D eigenvalue weighted by Gasteiger charge is -2.36. The third-order valence-electron chi connectivity index (χ3n) is 5.29. The van der Waals surface area contributed by atoms with Crippen LogP contribution >= 0.6 is 0 Å². The van der Waals surface area contributed by atoms with Crippen molar-refractivity contribution >= 4 is 17.9 Å². The average Bonchev–Trinajstić information content (AvgIpc) is 2.94. The summed E-state index contributed by atoms with van der Waals surface area (Å²) in [4.78, 5) is 45.0. The highest BCUT2D eigenvalue weighted by atomic mass is 17.3. The van der Waals surface area contributed by atoms with Crippen molar-refractivity contribution in [1.82, 2.24) is 5.32 Å². The third-order valence-corrected chi connectivity index (χ3v) is 5.29. The molecule has 29 heavy (non-hydrogen) atoms. The number of carbonyl (C=O) groups is 3. The van der Waals surface area contributed by atoms with Crippen molar-refractivity contribution in [3.8, 4) is 0 Å². The van der Waals surface area contributed by atoms with Crippen molar-refractivity contribution in [1.29, 1.82) is 0 Å². The molecule has 0 aromatic carbocycles. The number of carbonyl (C=O) groups excluding carboxylic acids is 3. The predicted molar refractivity (Wildman–Crippen MR) is 101 cm³/mol. The van der Waals surface area contributed by atoms with E-state index in [1.54, 1.807) is 6.92 Å². The largest absolute Gasteiger partial charge is 0.446 e. The van der Waals surface area contributed by atoms with Crippen LogP contribution in [-0.2, 0) is 28.8 Å². The number of primary amides is 2. The Hall–Kier alpha value is -2.17. The molecule has 10 heteroatoms. The van der Waals surface area contributed by atoms with Gasteiger partial charge in [-0.2, -0.15) is 9.78 Å². The molecule has 2 fully saturated rings. The number of allylic oxidation sites excluding steroid dienone is 1. The first-order valence-electron chi connectivity index (χ1n) is 9.86. The number of rotatable bonds is 9. The highest BCUT2D eigenvalue weighted by Gasteiger charge is 2.55. The van der Waals surface area contributed by atoms with Gasteiger partial charge in [-0.3, -0.25) is 9.59 Å². The van der Waals surface area contributed by atoms with E-state index in [1.807, 2.05) is 6.92 Å². The van der Waals surface area contributed by atoms with Crippen molar-refractivity contribution < 1.29 is 33.6 Å². The van der Waals surface area contributed by atoms with Gasteiger partial charge >= 0.3 is 6.09 Å². The van der Waals surface area contributed by atoms with Crippen LogP contribution in [0, 0.1) is 5.92 Å². The maximum atomic E-state index is 11.9. The second-order valence-electron chi connectivity index (χ2n) is 7.78. The fourth-order valence-electron chi connectivity index (χ4n) is 3.84. The van der Waals surface area contributed by atoms with Gasteiger partial charge in [0, 0.05) is 37.3 Å². The third kappa shape index (κ3) is 6.41. The van der Waals surface area contributed by atoms with Crippen LogP contribution in [0.5, 0.6) is 0 Å². The van der Waals surface area contributed by atoms with Crippen molar-refractivity contribution in [3.05, 3.63) is 12.3 Å². The Morgan fingerprint density at radius 3 is 2.62 bits per heavy atom.